The van der Waals surface area contributed by atoms with Crippen LogP contribution in [0.25, 0.3) is 0 Å². The molecule has 5 heteroatoms. The number of aromatic nitrogens is 2. The Hall–Kier alpha value is -1.23. The fourth-order valence-electron chi connectivity index (χ4n) is 1.61. The van der Waals surface area contributed by atoms with Crippen molar-refractivity contribution in [2.75, 3.05) is 18.0 Å². The number of anilines is 1. The number of thiocarbonyl (C=S) groups is 1. The van der Waals surface area contributed by atoms with Gasteiger partial charge in [-0.25, -0.2) is 4.98 Å². The van der Waals surface area contributed by atoms with Crippen molar-refractivity contribution in [3.63, 3.8) is 0 Å². The van der Waals surface area contributed by atoms with Crippen LogP contribution >= 0.6 is 12.2 Å². The molecule has 1 unspecified atom stereocenters. The number of hydrogen-bond donors (Lipinski definition) is 1. The zero-order valence-electron chi connectivity index (χ0n) is 10.9. The van der Waals surface area contributed by atoms with Gasteiger partial charge >= 0.3 is 0 Å². The molecule has 1 atom stereocenters. The molecular weight excluding hydrogens is 232 g/mol. The van der Waals surface area contributed by atoms with Gasteiger partial charge in [-0.2, -0.15) is 0 Å². The highest BCUT2D eigenvalue weighted by molar-refractivity contribution is 7.80. The molecule has 0 radical (unpaired) electrons. The van der Waals surface area contributed by atoms with E-state index in [0.29, 0.717) is 4.99 Å². The molecule has 0 amide bonds. The Morgan fingerprint density at radius 1 is 1.53 bits per heavy atom. The lowest BCUT2D eigenvalue weighted by molar-refractivity contribution is 0.694. The Kier molecular flexibility index (Phi) is 4.81. The first kappa shape index (κ1) is 13.8. The Morgan fingerprint density at radius 2 is 2.18 bits per heavy atom. The summed E-state index contributed by atoms with van der Waals surface area (Å²) in [4.78, 5) is 11.6. The molecule has 17 heavy (non-hydrogen) atoms. The highest BCUT2D eigenvalue weighted by Gasteiger charge is 2.15. The van der Waals surface area contributed by atoms with Crippen molar-refractivity contribution < 1.29 is 0 Å². The Morgan fingerprint density at radius 3 is 2.71 bits per heavy atom. The second-order valence-corrected chi connectivity index (χ2v) is 4.73. The summed E-state index contributed by atoms with van der Waals surface area (Å²) in [5, 5.41) is 0. The maximum Gasteiger partial charge on any atom is 0.150 e. The highest BCUT2D eigenvalue weighted by Crippen LogP contribution is 2.16. The highest BCUT2D eigenvalue weighted by atomic mass is 32.1. The average molecular weight is 252 g/mol. The van der Waals surface area contributed by atoms with Gasteiger partial charge in [-0.3, -0.25) is 4.98 Å². The lowest BCUT2D eigenvalue weighted by Crippen LogP contribution is -2.35. The van der Waals surface area contributed by atoms with E-state index >= 15 is 0 Å². The smallest absolute Gasteiger partial charge is 0.150 e. The van der Waals surface area contributed by atoms with Gasteiger partial charge < -0.3 is 10.6 Å². The Bertz CT molecular complexity index is 405. The molecule has 2 N–H and O–H groups in total. The van der Waals surface area contributed by atoms with Crippen LogP contribution in [0.3, 0.4) is 0 Å². The van der Waals surface area contributed by atoms with E-state index in [9.17, 15) is 0 Å². The van der Waals surface area contributed by atoms with Crippen LogP contribution in [0.2, 0.25) is 0 Å². The fourth-order valence-corrected chi connectivity index (χ4v) is 1.68. The third-order valence-corrected chi connectivity index (χ3v) is 3.11. The first-order valence-corrected chi connectivity index (χ1v) is 6.21. The van der Waals surface area contributed by atoms with Crippen molar-refractivity contribution in [1.82, 2.24) is 9.97 Å². The summed E-state index contributed by atoms with van der Waals surface area (Å²) in [6.07, 6.45) is 1.78. The summed E-state index contributed by atoms with van der Waals surface area (Å²) < 4.78 is 0. The molecule has 1 heterocycles. The van der Waals surface area contributed by atoms with Crippen molar-refractivity contribution in [1.29, 1.82) is 0 Å². The van der Waals surface area contributed by atoms with Gasteiger partial charge in [0.1, 0.15) is 5.82 Å². The standard InChI is InChI=1S/C12H20N4S/c1-5-16(7-8(2)11(13)17)12-10(4)14-6-9(3)15-12/h6,8H,5,7H2,1-4H3,(H2,13,17). The van der Waals surface area contributed by atoms with Crippen LogP contribution in [0.5, 0.6) is 0 Å². The van der Waals surface area contributed by atoms with E-state index in [1.807, 2.05) is 20.8 Å². The first-order chi connectivity index (χ1) is 7.95. The molecule has 0 saturated carbocycles. The summed E-state index contributed by atoms with van der Waals surface area (Å²) in [6, 6.07) is 0. The summed E-state index contributed by atoms with van der Waals surface area (Å²) in [7, 11) is 0. The summed E-state index contributed by atoms with van der Waals surface area (Å²) >= 11 is 5.01. The molecule has 0 saturated heterocycles. The van der Waals surface area contributed by atoms with Crippen LogP contribution in [0.15, 0.2) is 6.20 Å². The topological polar surface area (TPSA) is 55.0 Å². The molecule has 0 bridgehead atoms. The molecule has 1 aromatic rings. The van der Waals surface area contributed by atoms with Crippen molar-refractivity contribution in [3.05, 3.63) is 17.6 Å². The van der Waals surface area contributed by atoms with Gasteiger partial charge in [0.05, 0.1) is 16.4 Å². The van der Waals surface area contributed by atoms with Crippen molar-refractivity contribution >= 4 is 23.0 Å². The molecule has 0 aromatic carbocycles. The molecule has 1 rings (SSSR count). The minimum Gasteiger partial charge on any atom is -0.393 e. The zero-order valence-corrected chi connectivity index (χ0v) is 11.7. The predicted octanol–water partition coefficient (Wildman–Crippen LogP) is 1.84. The number of aryl methyl sites for hydroxylation is 2. The van der Waals surface area contributed by atoms with Gasteiger partial charge in [-0.05, 0) is 20.8 Å². The van der Waals surface area contributed by atoms with Crippen LogP contribution in [0.1, 0.15) is 25.2 Å². The molecular formula is C12H20N4S. The summed E-state index contributed by atoms with van der Waals surface area (Å²) in [5.41, 5.74) is 7.51. The maximum absolute atomic E-state index is 5.65. The number of nitrogens with zero attached hydrogens (tertiary/aromatic N) is 3. The van der Waals surface area contributed by atoms with Gasteiger partial charge in [-0.15, -0.1) is 0 Å². The van der Waals surface area contributed by atoms with Crippen LogP contribution in [-0.2, 0) is 0 Å². The normalized spacial score (nSPS) is 12.2. The zero-order chi connectivity index (χ0) is 13.0. The van der Waals surface area contributed by atoms with E-state index < -0.39 is 0 Å². The fraction of sp³-hybridized carbons (Fsp3) is 0.583. The van der Waals surface area contributed by atoms with E-state index in [2.05, 4.69) is 21.8 Å². The third-order valence-electron chi connectivity index (χ3n) is 2.71. The number of hydrogen-bond acceptors (Lipinski definition) is 4. The van der Waals surface area contributed by atoms with E-state index in [1.54, 1.807) is 6.20 Å². The molecule has 1 aromatic heterocycles. The number of nitrogens with two attached hydrogens (primary N) is 1. The lowest BCUT2D eigenvalue weighted by atomic mass is 10.1. The third kappa shape index (κ3) is 3.63. The predicted molar refractivity (Wildman–Crippen MR) is 75.3 cm³/mol. The SMILES string of the molecule is CCN(CC(C)C(N)=S)c1nc(C)cnc1C. The van der Waals surface area contributed by atoms with E-state index in [-0.39, 0.29) is 5.92 Å². The molecule has 94 valence electrons. The summed E-state index contributed by atoms with van der Waals surface area (Å²) in [5.74, 6) is 1.10. The quantitative estimate of drug-likeness (QED) is 0.810. The minimum atomic E-state index is 0.173. The Balaban J connectivity index is 2.93. The van der Waals surface area contributed by atoms with Crippen LogP contribution in [0, 0.1) is 19.8 Å². The van der Waals surface area contributed by atoms with E-state index in [1.165, 1.54) is 0 Å². The molecule has 0 spiro atoms. The monoisotopic (exact) mass is 252 g/mol. The minimum absolute atomic E-state index is 0.173. The van der Waals surface area contributed by atoms with Crippen molar-refractivity contribution in [2.45, 2.75) is 27.7 Å². The molecule has 0 aliphatic rings. The van der Waals surface area contributed by atoms with Gasteiger partial charge in [0, 0.05) is 25.2 Å². The Labute approximate surface area is 108 Å². The largest absolute Gasteiger partial charge is 0.393 e. The molecule has 0 fully saturated rings. The lowest BCUT2D eigenvalue weighted by Gasteiger charge is -2.26. The molecule has 4 nitrogen and oxygen atoms in total. The molecule has 0 aliphatic carbocycles. The van der Waals surface area contributed by atoms with Crippen LogP contribution in [0.4, 0.5) is 5.82 Å². The van der Waals surface area contributed by atoms with Gasteiger partial charge in [0.25, 0.3) is 0 Å². The van der Waals surface area contributed by atoms with Crippen molar-refractivity contribution in [2.24, 2.45) is 11.7 Å². The number of rotatable bonds is 5. The maximum atomic E-state index is 5.65. The first-order valence-electron chi connectivity index (χ1n) is 5.80. The second-order valence-electron chi connectivity index (χ2n) is 4.26. The van der Waals surface area contributed by atoms with Gasteiger partial charge in [-0.1, -0.05) is 19.1 Å². The van der Waals surface area contributed by atoms with Gasteiger partial charge in [0.2, 0.25) is 0 Å². The van der Waals surface area contributed by atoms with Gasteiger partial charge in [0.15, 0.2) is 0 Å². The molecule has 0 aliphatic heterocycles. The van der Waals surface area contributed by atoms with Crippen LogP contribution < -0.4 is 10.6 Å². The second kappa shape index (κ2) is 5.91. The van der Waals surface area contributed by atoms with E-state index in [4.69, 9.17) is 18.0 Å². The summed E-state index contributed by atoms with van der Waals surface area (Å²) in [6.45, 7) is 9.69. The van der Waals surface area contributed by atoms with E-state index in [0.717, 1.165) is 30.3 Å². The average Bonchev–Trinajstić information content (AvgIpc) is 2.29. The van der Waals surface area contributed by atoms with Crippen LogP contribution in [-0.4, -0.2) is 28.0 Å². The van der Waals surface area contributed by atoms with Crippen molar-refractivity contribution in [3.8, 4) is 0 Å².